The molecule has 0 aliphatic carbocycles. The highest BCUT2D eigenvalue weighted by Gasteiger charge is 2.23. The second-order valence-corrected chi connectivity index (χ2v) is 9.82. The number of nitrogens with one attached hydrogen (secondary N) is 2. The molecule has 0 aliphatic heterocycles. The Bertz CT molecular complexity index is 1400. The number of anilines is 1. The molecule has 6 heteroatoms. The van der Waals surface area contributed by atoms with E-state index in [1.807, 2.05) is 68.4 Å². The topological polar surface area (TPSA) is 75.3 Å². The molecule has 5 nitrogen and oxygen atoms in total. The van der Waals surface area contributed by atoms with Crippen LogP contribution in [-0.2, 0) is 10.0 Å². The van der Waals surface area contributed by atoms with Crippen LogP contribution in [0.1, 0.15) is 38.7 Å². The van der Waals surface area contributed by atoms with E-state index in [9.17, 15) is 13.2 Å². The van der Waals surface area contributed by atoms with Crippen molar-refractivity contribution in [1.82, 2.24) is 5.32 Å². The largest absolute Gasteiger partial charge is 0.341 e. The minimum absolute atomic E-state index is 0.135. The highest BCUT2D eigenvalue weighted by molar-refractivity contribution is 7.92. The van der Waals surface area contributed by atoms with Crippen molar-refractivity contribution < 1.29 is 13.2 Å². The van der Waals surface area contributed by atoms with Gasteiger partial charge >= 0.3 is 0 Å². The Morgan fingerprint density at radius 2 is 1.35 bits per heavy atom. The van der Waals surface area contributed by atoms with Gasteiger partial charge in [-0.05, 0) is 54.8 Å². The lowest BCUT2D eigenvalue weighted by Gasteiger charge is -2.22. The van der Waals surface area contributed by atoms with Crippen LogP contribution in [0.3, 0.4) is 0 Å². The van der Waals surface area contributed by atoms with Crippen molar-refractivity contribution in [3.05, 3.63) is 131 Å². The van der Waals surface area contributed by atoms with Gasteiger partial charge in [0.2, 0.25) is 0 Å². The number of para-hydroxylation sites is 1. The number of carbonyl (C=O) groups excluding carboxylic acids is 1. The molecule has 0 spiro atoms. The first-order chi connectivity index (χ1) is 16.3. The van der Waals surface area contributed by atoms with Crippen molar-refractivity contribution >= 4 is 21.6 Å². The number of carbonyl (C=O) groups is 1. The van der Waals surface area contributed by atoms with Gasteiger partial charge in [-0.25, -0.2) is 8.42 Å². The average molecular weight is 471 g/mol. The second-order valence-electron chi connectivity index (χ2n) is 8.14. The molecule has 4 aromatic rings. The lowest BCUT2D eigenvalue weighted by molar-refractivity contribution is 0.0944. The van der Waals surface area contributed by atoms with Crippen LogP contribution >= 0.6 is 0 Å². The third kappa shape index (κ3) is 5.18. The summed E-state index contributed by atoms with van der Waals surface area (Å²) in [5, 5.41) is 3.11. The van der Waals surface area contributed by atoms with Gasteiger partial charge in [0, 0.05) is 0 Å². The highest BCUT2D eigenvalue weighted by atomic mass is 32.2. The molecule has 1 unspecified atom stereocenters. The predicted octanol–water partition coefficient (Wildman–Crippen LogP) is 5.62. The van der Waals surface area contributed by atoms with Crippen LogP contribution in [0.25, 0.3) is 0 Å². The van der Waals surface area contributed by atoms with Gasteiger partial charge in [-0.15, -0.1) is 0 Å². The van der Waals surface area contributed by atoms with E-state index in [0.29, 0.717) is 0 Å². The number of aryl methyl sites for hydroxylation is 2. The smallest absolute Gasteiger partial charge is 0.261 e. The van der Waals surface area contributed by atoms with Crippen LogP contribution in [0, 0.1) is 13.8 Å². The summed E-state index contributed by atoms with van der Waals surface area (Å²) in [6.07, 6.45) is 0. The normalized spacial score (nSPS) is 12.1. The van der Waals surface area contributed by atoms with Gasteiger partial charge in [0.05, 0.1) is 22.2 Å². The van der Waals surface area contributed by atoms with Crippen LogP contribution in [0.15, 0.2) is 108 Å². The Morgan fingerprint density at radius 3 is 2.06 bits per heavy atom. The molecule has 4 rings (SSSR count). The van der Waals surface area contributed by atoms with Crippen molar-refractivity contribution in [2.75, 3.05) is 4.72 Å². The third-order valence-electron chi connectivity index (χ3n) is 5.66. The van der Waals surface area contributed by atoms with Crippen LogP contribution in [-0.4, -0.2) is 14.3 Å². The number of hydrogen-bond donors (Lipinski definition) is 2. The Kier molecular flexibility index (Phi) is 6.80. The fourth-order valence-corrected chi connectivity index (χ4v) is 4.88. The average Bonchev–Trinajstić information content (AvgIpc) is 2.84. The summed E-state index contributed by atoms with van der Waals surface area (Å²) in [5.41, 5.74) is 4.37. The number of amides is 1. The standard InChI is InChI=1S/C28H26N2O3S/c1-20-16-18-23(19-17-20)34(32,33)30-26-15-9-8-14-25(26)28(31)29-27(22-11-4-3-5-12-22)24-13-7-6-10-21(24)2/h3-19,27,30H,1-2H3,(H,29,31). The molecule has 2 N–H and O–H groups in total. The van der Waals surface area contributed by atoms with Crippen molar-refractivity contribution in [3.63, 3.8) is 0 Å². The maximum atomic E-state index is 13.5. The molecule has 0 saturated heterocycles. The van der Waals surface area contributed by atoms with Crippen molar-refractivity contribution in [1.29, 1.82) is 0 Å². The number of sulfonamides is 1. The van der Waals surface area contributed by atoms with Crippen molar-refractivity contribution in [2.45, 2.75) is 24.8 Å². The third-order valence-corrected chi connectivity index (χ3v) is 7.04. The molecule has 0 aliphatic rings. The first-order valence-corrected chi connectivity index (χ1v) is 12.4. The zero-order chi connectivity index (χ0) is 24.1. The highest BCUT2D eigenvalue weighted by Crippen LogP contribution is 2.27. The summed E-state index contributed by atoms with van der Waals surface area (Å²) < 4.78 is 28.5. The summed E-state index contributed by atoms with van der Waals surface area (Å²) >= 11 is 0. The van der Waals surface area contributed by atoms with Gasteiger partial charge in [-0.3, -0.25) is 9.52 Å². The molecular weight excluding hydrogens is 444 g/mol. The molecule has 0 saturated carbocycles. The van der Waals surface area contributed by atoms with E-state index in [4.69, 9.17) is 0 Å². The molecule has 0 aromatic heterocycles. The van der Waals surface area contributed by atoms with Crippen LogP contribution in [0.5, 0.6) is 0 Å². The molecule has 172 valence electrons. The van der Waals surface area contributed by atoms with E-state index < -0.39 is 16.1 Å². The SMILES string of the molecule is Cc1ccc(S(=O)(=O)Nc2ccccc2C(=O)NC(c2ccccc2)c2ccccc2C)cc1. The Labute approximate surface area is 200 Å². The number of hydrogen-bond acceptors (Lipinski definition) is 3. The van der Waals surface area contributed by atoms with Crippen molar-refractivity contribution in [3.8, 4) is 0 Å². The zero-order valence-corrected chi connectivity index (χ0v) is 19.8. The second kappa shape index (κ2) is 9.93. The fraction of sp³-hybridized carbons (Fsp3) is 0.107. The number of rotatable bonds is 7. The molecular formula is C28H26N2O3S. The minimum Gasteiger partial charge on any atom is -0.341 e. The van der Waals surface area contributed by atoms with E-state index >= 15 is 0 Å². The summed E-state index contributed by atoms with van der Waals surface area (Å²) in [6, 6.07) is 30.4. The fourth-order valence-electron chi connectivity index (χ4n) is 3.80. The van der Waals surface area contributed by atoms with E-state index in [1.165, 1.54) is 0 Å². The minimum atomic E-state index is -3.86. The molecule has 34 heavy (non-hydrogen) atoms. The maximum Gasteiger partial charge on any atom is 0.261 e. The summed E-state index contributed by atoms with van der Waals surface area (Å²) in [5.74, 6) is -0.376. The van der Waals surface area contributed by atoms with Gasteiger partial charge in [-0.1, -0.05) is 84.4 Å². The zero-order valence-electron chi connectivity index (χ0n) is 19.0. The molecule has 0 heterocycles. The Morgan fingerprint density at radius 1 is 0.735 bits per heavy atom. The number of benzene rings is 4. The lowest BCUT2D eigenvalue weighted by Crippen LogP contribution is -2.30. The molecule has 0 fully saturated rings. The Hall–Kier alpha value is -3.90. The summed E-state index contributed by atoms with van der Waals surface area (Å²) in [6.45, 7) is 3.89. The predicted molar refractivity (Wildman–Crippen MR) is 135 cm³/mol. The molecule has 0 bridgehead atoms. The van der Waals surface area contributed by atoms with Crippen LogP contribution < -0.4 is 10.0 Å². The van der Waals surface area contributed by atoms with Gasteiger partial charge < -0.3 is 5.32 Å². The monoisotopic (exact) mass is 470 g/mol. The quantitative estimate of drug-likeness (QED) is 0.368. The van der Waals surface area contributed by atoms with Gasteiger partial charge in [0.1, 0.15) is 0 Å². The Balaban J connectivity index is 1.66. The first kappa shape index (κ1) is 23.3. The van der Waals surface area contributed by atoms with Crippen LogP contribution in [0.2, 0.25) is 0 Å². The summed E-state index contributed by atoms with van der Waals surface area (Å²) in [7, 11) is -3.86. The van der Waals surface area contributed by atoms with E-state index in [0.717, 1.165) is 22.3 Å². The van der Waals surface area contributed by atoms with E-state index in [1.54, 1.807) is 48.5 Å². The molecule has 4 aromatic carbocycles. The van der Waals surface area contributed by atoms with Crippen LogP contribution in [0.4, 0.5) is 5.69 Å². The van der Waals surface area contributed by atoms with E-state index in [-0.39, 0.29) is 22.1 Å². The van der Waals surface area contributed by atoms with Crippen molar-refractivity contribution in [2.24, 2.45) is 0 Å². The lowest BCUT2D eigenvalue weighted by atomic mass is 9.94. The maximum absolute atomic E-state index is 13.5. The molecule has 1 atom stereocenters. The van der Waals surface area contributed by atoms with E-state index in [2.05, 4.69) is 10.0 Å². The summed E-state index contributed by atoms with van der Waals surface area (Å²) in [4.78, 5) is 13.6. The van der Waals surface area contributed by atoms with Gasteiger partial charge in [-0.2, -0.15) is 0 Å². The molecule has 0 radical (unpaired) electrons. The first-order valence-electron chi connectivity index (χ1n) is 10.9. The van der Waals surface area contributed by atoms with Gasteiger partial charge in [0.15, 0.2) is 0 Å². The molecule has 1 amide bonds. The van der Waals surface area contributed by atoms with Gasteiger partial charge in [0.25, 0.3) is 15.9 Å².